The predicted octanol–water partition coefficient (Wildman–Crippen LogP) is 2.74. The largest absolute Gasteiger partial charge is 0.454 e. The molecule has 25 heavy (non-hydrogen) atoms. The van der Waals surface area contributed by atoms with E-state index < -0.39 is 5.41 Å². The van der Waals surface area contributed by atoms with Gasteiger partial charge in [0.2, 0.25) is 19.5 Å². The summed E-state index contributed by atoms with van der Waals surface area (Å²) in [6.07, 6.45) is 0. The molecule has 0 aliphatic carbocycles. The second kappa shape index (κ2) is 5.88. The third-order valence-corrected chi connectivity index (χ3v) is 4.55. The number of nitrogens with one attached hydrogen (secondary N) is 1. The molecule has 2 aromatic carbocycles. The van der Waals surface area contributed by atoms with Crippen molar-refractivity contribution in [1.29, 1.82) is 0 Å². The number of rotatable bonds is 4. The van der Waals surface area contributed by atoms with Crippen LogP contribution in [0.2, 0.25) is 0 Å². The first kappa shape index (κ1) is 15.6. The van der Waals surface area contributed by atoms with Gasteiger partial charge in [-0.15, -0.1) is 0 Å². The Hall–Kier alpha value is -2.89. The maximum atomic E-state index is 12.7. The normalized spacial score (nSPS) is 14.5. The van der Waals surface area contributed by atoms with E-state index in [-0.39, 0.29) is 19.5 Å². The molecular formula is C19H19NO5. The van der Waals surface area contributed by atoms with Gasteiger partial charge in [-0.05, 0) is 49.2 Å². The highest BCUT2D eigenvalue weighted by molar-refractivity contribution is 5.87. The molecule has 2 aliphatic heterocycles. The number of amides is 1. The molecule has 0 saturated carbocycles. The summed E-state index contributed by atoms with van der Waals surface area (Å²) in [7, 11) is 0. The van der Waals surface area contributed by atoms with Crippen LogP contribution in [-0.2, 0) is 16.8 Å². The van der Waals surface area contributed by atoms with Gasteiger partial charge in [0.05, 0.1) is 5.41 Å². The molecule has 0 aromatic heterocycles. The first-order valence-electron chi connectivity index (χ1n) is 8.11. The van der Waals surface area contributed by atoms with Crippen molar-refractivity contribution in [2.45, 2.75) is 25.8 Å². The highest BCUT2D eigenvalue weighted by Gasteiger charge is 2.31. The third-order valence-electron chi connectivity index (χ3n) is 4.55. The van der Waals surface area contributed by atoms with E-state index >= 15 is 0 Å². The zero-order valence-electron chi connectivity index (χ0n) is 14.1. The Morgan fingerprint density at radius 2 is 1.52 bits per heavy atom. The molecular weight excluding hydrogens is 322 g/mol. The van der Waals surface area contributed by atoms with Gasteiger partial charge in [0, 0.05) is 6.54 Å². The number of fused-ring (bicyclic) bond motifs is 2. The smallest absolute Gasteiger partial charge is 0.231 e. The van der Waals surface area contributed by atoms with Crippen molar-refractivity contribution in [3.63, 3.8) is 0 Å². The molecule has 1 N–H and O–H groups in total. The molecule has 2 aromatic rings. The highest BCUT2D eigenvalue weighted by atomic mass is 16.7. The number of ether oxygens (including phenoxy) is 4. The highest BCUT2D eigenvalue weighted by Crippen LogP contribution is 2.36. The minimum atomic E-state index is -0.697. The second-order valence-electron chi connectivity index (χ2n) is 6.56. The SMILES string of the molecule is CC(C)(C(=O)NCc1ccc2c(c1)OCO2)c1ccc2c(c1)OCO2. The van der Waals surface area contributed by atoms with Crippen molar-refractivity contribution in [3.05, 3.63) is 47.5 Å². The average Bonchev–Trinajstić information content (AvgIpc) is 3.26. The van der Waals surface area contributed by atoms with Gasteiger partial charge in [-0.1, -0.05) is 12.1 Å². The summed E-state index contributed by atoms with van der Waals surface area (Å²) in [5, 5.41) is 2.99. The van der Waals surface area contributed by atoms with Crippen LogP contribution in [0.15, 0.2) is 36.4 Å². The Kier molecular flexibility index (Phi) is 3.67. The van der Waals surface area contributed by atoms with Gasteiger partial charge in [-0.3, -0.25) is 4.79 Å². The van der Waals surface area contributed by atoms with Crippen LogP contribution in [0.4, 0.5) is 0 Å². The molecule has 4 rings (SSSR count). The molecule has 2 heterocycles. The molecule has 6 heteroatoms. The molecule has 0 saturated heterocycles. The van der Waals surface area contributed by atoms with E-state index in [0.717, 1.165) is 16.9 Å². The van der Waals surface area contributed by atoms with E-state index in [1.807, 2.05) is 50.2 Å². The molecule has 1 amide bonds. The molecule has 0 bridgehead atoms. The molecule has 0 atom stereocenters. The molecule has 0 spiro atoms. The second-order valence-corrected chi connectivity index (χ2v) is 6.56. The van der Waals surface area contributed by atoms with Gasteiger partial charge in [-0.2, -0.15) is 0 Å². The molecule has 130 valence electrons. The lowest BCUT2D eigenvalue weighted by atomic mass is 9.83. The third kappa shape index (κ3) is 2.84. The fourth-order valence-corrected chi connectivity index (χ4v) is 2.87. The quantitative estimate of drug-likeness (QED) is 0.926. The summed E-state index contributed by atoms with van der Waals surface area (Å²) in [5.41, 5.74) is 1.14. The maximum Gasteiger partial charge on any atom is 0.231 e. The minimum absolute atomic E-state index is 0.0657. The fourth-order valence-electron chi connectivity index (χ4n) is 2.87. The van der Waals surface area contributed by atoms with E-state index in [1.165, 1.54) is 0 Å². The lowest BCUT2D eigenvalue weighted by Gasteiger charge is -2.24. The lowest BCUT2D eigenvalue weighted by molar-refractivity contribution is -0.125. The van der Waals surface area contributed by atoms with Crippen molar-refractivity contribution in [1.82, 2.24) is 5.32 Å². The zero-order valence-corrected chi connectivity index (χ0v) is 14.1. The van der Waals surface area contributed by atoms with Crippen molar-refractivity contribution in [2.75, 3.05) is 13.6 Å². The number of hydrogen-bond acceptors (Lipinski definition) is 5. The van der Waals surface area contributed by atoms with Crippen LogP contribution >= 0.6 is 0 Å². The maximum absolute atomic E-state index is 12.7. The number of carbonyl (C=O) groups excluding carboxylic acids is 1. The number of carbonyl (C=O) groups is 1. The van der Waals surface area contributed by atoms with Gasteiger partial charge >= 0.3 is 0 Å². The van der Waals surface area contributed by atoms with Gasteiger partial charge in [0.1, 0.15) is 0 Å². The molecule has 6 nitrogen and oxygen atoms in total. The van der Waals surface area contributed by atoms with Crippen LogP contribution in [-0.4, -0.2) is 19.5 Å². The lowest BCUT2D eigenvalue weighted by Crippen LogP contribution is -2.39. The van der Waals surface area contributed by atoms with E-state index in [1.54, 1.807) is 0 Å². The summed E-state index contributed by atoms with van der Waals surface area (Å²) in [4.78, 5) is 12.7. The summed E-state index contributed by atoms with van der Waals surface area (Å²) >= 11 is 0. The topological polar surface area (TPSA) is 66.0 Å². The van der Waals surface area contributed by atoms with Crippen LogP contribution in [0.5, 0.6) is 23.0 Å². The first-order chi connectivity index (χ1) is 12.0. The van der Waals surface area contributed by atoms with Crippen LogP contribution in [0.25, 0.3) is 0 Å². The summed E-state index contributed by atoms with van der Waals surface area (Å²) in [5.74, 6) is 2.76. The first-order valence-corrected chi connectivity index (χ1v) is 8.11. The zero-order chi connectivity index (χ0) is 17.4. The Balaban J connectivity index is 1.46. The summed E-state index contributed by atoms with van der Waals surface area (Å²) in [6.45, 7) is 4.65. The van der Waals surface area contributed by atoms with E-state index in [0.29, 0.717) is 23.8 Å². The minimum Gasteiger partial charge on any atom is -0.454 e. The molecule has 0 fully saturated rings. The Labute approximate surface area is 145 Å². The molecule has 0 unspecified atom stereocenters. The van der Waals surface area contributed by atoms with Crippen molar-refractivity contribution in [3.8, 4) is 23.0 Å². The van der Waals surface area contributed by atoms with Crippen LogP contribution in [0.1, 0.15) is 25.0 Å². The number of benzene rings is 2. The molecule has 0 radical (unpaired) electrons. The van der Waals surface area contributed by atoms with Crippen molar-refractivity contribution >= 4 is 5.91 Å². The van der Waals surface area contributed by atoms with Gasteiger partial charge in [-0.25, -0.2) is 0 Å². The predicted molar refractivity (Wildman–Crippen MR) is 90.0 cm³/mol. The van der Waals surface area contributed by atoms with Crippen molar-refractivity contribution < 1.29 is 23.7 Å². The van der Waals surface area contributed by atoms with Gasteiger partial charge in [0.15, 0.2) is 23.0 Å². The monoisotopic (exact) mass is 341 g/mol. The van der Waals surface area contributed by atoms with Crippen LogP contribution in [0, 0.1) is 0 Å². The van der Waals surface area contributed by atoms with E-state index in [2.05, 4.69) is 5.32 Å². The Morgan fingerprint density at radius 1 is 0.920 bits per heavy atom. The number of hydrogen-bond donors (Lipinski definition) is 1. The van der Waals surface area contributed by atoms with Gasteiger partial charge < -0.3 is 24.3 Å². The van der Waals surface area contributed by atoms with Crippen LogP contribution in [0.3, 0.4) is 0 Å². The van der Waals surface area contributed by atoms with E-state index in [4.69, 9.17) is 18.9 Å². The summed E-state index contributed by atoms with van der Waals surface area (Å²) < 4.78 is 21.4. The summed E-state index contributed by atoms with van der Waals surface area (Å²) in [6, 6.07) is 11.3. The average molecular weight is 341 g/mol. The van der Waals surface area contributed by atoms with Crippen molar-refractivity contribution in [2.24, 2.45) is 0 Å². The Morgan fingerprint density at radius 3 is 2.24 bits per heavy atom. The van der Waals surface area contributed by atoms with Crippen LogP contribution < -0.4 is 24.3 Å². The van der Waals surface area contributed by atoms with Gasteiger partial charge in [0.25, 0.3) is 0 Å². The standard InChI is InChI=1S/C19H19NO5/c1-19(2,13-4-6-15-17(8-13)25-11-23-15)18(21)20-9-12-3-5-14-16(7-12)24-10-22-14/h3-8H,9-11H2,1-2H3,(H,20,21). The molecule has 2 aliphatic rings. The fraction of sp³-hybridized carbons (Fsp3) is 0.316. The van der Waals surface area contributed by atoms with E-state index in [9.17, 15) is 4.79 Å². The Bertz CT molecular complexity index is 831.